The third kappa shape index (κ3) is 3.26. The standard InChI is InChI=1S/C11H18ClNS/c1-3-4-5-6-9(13)10-7-8(2)11(12)14-10/h7,9H,3-6,13H2,1-2H3. The van der Waals surface area contributed by atoms with Crippen LogP contribution in [0.1, 0.15) is 49.1 Å². The van der Waals surface area contributed by atoms with Gasteiger partial charge in [0, 0.05) is 10.9 Å². The van der Waals surface area contributed by atoms with Crippen molar-refractivity contribution >= 4 is 22.9 Å². The fourth-order valence-corrected chi connectivity index (χ4v) is 2.68. The molecule has 0 aliphatic heterocycles. The van der Waals surface area contributed by atoms with E-state index in [0.717, 1.165) is 16.3 Å². The molecule has 1 nitrogen and oxygen atoms in total. The first-order valence-corrected chi connectivity index (χ1v) is 6.36. The van der Waals surface area contributed by atoms with E-state index >= 15 is 0 Å². The zero-order chi connectivity index (χ0) is 10.6. The summed E-state index contributed by atoms with van der Waals surface area (Å²) >= 11 is 7.62. The van der Waals surface area contributed by atoms with E-state index in [4.69, 9.17) is 17.3 Å². The molecule has 0 amide bonds. The van der Waals surface area contributed by atoms with Gasteiger partial charge in [-0.3, -0.25) is 0 Å². The predicted molar refractivity (Wildman–Crippen MR) is 65.1 cm³/mol. The molecule has 1 aromatic rings. The summed E-state index contributed by atoms with van der Waals surface area (Å²) in [5, 5.41) is 0. The predicted octanol–water partition coefficient (Wildman–Crippen LogP) is 4.29. The third-order valence-corrected chi connectivity index (χ3v) is 4.05. The average Bonchev–Trinajstić information content (AvgIpc) is 2.47. The molecule has 0 aromatic carbocycles. The van der Waals surface area contributed by atoms with E-state index in [9.17, 15) is 0 Å². The Morgan fingerprint density at radius 1 is 1.50 bits per heavy atom. The van der Waals surface area contributed by atoms with Crippen molar-refractivity contribution in [1.82, 2.24) is 0 Å². The summed E-state index contributed by atoms with van der Waals surface area (Å²) in [7, 11) is 0. The largest absolute Gasteiger partial charge is 0.323 e. The monoisotopic (exact) mass is 231 g/mol. The second-order valence-corrected chi connectivity index (χ2v) is 5.39. The van der Waals surface area contributed by atoms with Gasteiger partial charge in [-0.2, -0.15) is 0 Å². The number of thiophene rings is 1. The van der Waals surface area contributed by atoms with Gasteiger partial charge < -0.3 is 5.73 Å². The van der Waals surface area contributed by atoms with Crippen LogP contribution in [0.25, 0.3) is 0 Å². The van der Waals surface area contributed by atoms with Crippen molar-refractivity contribution in [1.29, 1.82) is 0 Å². The Bertz CT molecular complexity index is 263. The minimum Gasteiger partial charge on any atom is -0.323 e. The fraction of sp³-hybridized carbons (Fsp3) is 0.636. The van der Waals surface area contributed by atoms with Crippen molar-refractivity contribution in [3.63, 3.8) is 0 Å². The van der Waals surface area contributed by atoms with Crippen LogP contribution in [-0.2, 0) is 0 Å². The maximum Gasteiger partial charge on any atom is 0.0960 e. The second kappa shape index (κ2) is 5.74. The van der Waals surface area contributed by atoms with Crippen LogP contribution in [0.3, 0.4) is 0 Å². The summed E-state index contributed by atoms with van der Waals surface area (Å²) in [4.78, 5) is 1.23. The molecule has 0 bridgehead atoms. The van der Waals surface area contributed by atoms with Crippen molar-refractivity contribution < 1.29 is 0 Å². The van der Waals surface area contributed by atoms with Gasteiger partial charge in [-0.1, -0.05) is 37.8 Å². The number of rotatable bonds is 5. The van der Waals surface area contributed by atoms with E-state index < -0.39 is 0 Å². The van der Waals surface area contributed by atoms with Crippen LogP contribution in [0, 0.1) is 6.92 Å². The summed E-state index contributed by atoms with van der Waals surface area (Å²) < 4.78 is 0.881. The maximum atomic E-state index is 6.07. The Balaban J connectivity index is 2.47. The molecule has 1 rings (SSSR count). The lowest BCUT2D eigenvalue weighted by atomic mass is 10.1. The summed E-state index contributed by atoms with van der Waals surface area (Å²) in [5.74, 6) is 0. The minimum atomic E-state index is 0.178. The first kappa shape index (κ1) is 12.0. The summed E-state index contributed by atoms with van der Waals surface area (Å²) in [6.07, 6.45) is 4.80. The SMILES string of the molecule is CCCCCC(N)c1cc(C)c(Cl)s1. The van der Waals surface area contributed by atoms with Gasteiger partial charge in [-0.15, -0.1) is 11.3 Å². The molecule has 3 heteroatoms. The molecule has 0 fully saturated rings. The van der Waals surface area contributed by atoms with E-state index in [-0.39, 0.29) is 6.04 Å². The molecule has 0 spiro atoms. The molecule has 1 heterocycles. The normalized spacial score (nSPS) is 13.1. The molecular formula is C11H18ClNS. The lowest BCUT2D eigenvalue weighted by Gasteiger charge is -2.07. The van der Waals surface area contributed by atoms with Gasteiger partial charge in [0.05, 0.1) is 4.34 Å². The Morgan fingerprint density at radius 2 is 2.21 bits per heavy atom. The molecule has 2 N–H and O–H groups in total. The van der Waals surface area contributed by atoms with Crippen molar-refractivity contribution in [2.45, 2.75) is 45.6 Å². The van der Waals surface area contributed by atoms with Gasteiger partial charge >= 0.3 is 0 Å². The first-order valence-electron chi connectivity index (χ1n) is 5.16. The topological polar surface area (TPSA) is 26.0 Å². The van der Waals surface area contributed by atoms with Gasteiger partial charge in [0.25, 0.3) is 0 Å². The van der Waals surface area contributed by atoms with Gasteiger partial charge in [-0.25, -0.2) is 0 Å². The minimum absolute atomic E-state index is 0.178. The van der Waals surface area contributed by atoms with Crippen LogP contribution in [0.15, 0.2) is 6.07 Å². The highest BCUT2D eigenvalue weighted by Gasteiger charge is 2.10. The number of aryl methyl sites for hydroxylation is 1. The molecule has 14 heavy (non-hydrogen) atoms. The van der Waals surface area contributed by atoms with Crippen LogP contribution >= 0.6 is 22.9 Å². The van der Waals surface area contributed by atoms with Crippen LogP contribution in [0.2, 0.25) is 4.34 Å². The van der Waals surface area contributed by atoms with Crippen molar-refractivity contribution in [3.8, 4) is 0 Å². The average molecular weight is 232 g/mol. The Hall–Kier alpha value is -0.0500. The van der Waals surface area contributed by atoms with E-state index in [1.54, 1.807) is 11.3 Å². The number of halogens is 1. The molecule has 0 saturated heterocycles. The molecular weight excluding hydrogens is 214 g/mol. The lowest BCUT2D eigenvalue weighted by Crippen LogP contribution is -2.08. The van der Waals surface area contributed by atoms with Gasteiger partial charge in [0.15, 0.2) is 0 Å². The van der Waals surface area contributed by atoms with Crippen LogP contribution in [-0.4, -0.2) is 0 Å². The lowest BCUT2D eigenvalue weighted by molar-refractivity contribution is 0.587. The smallest absolute Gasteiger partial charge is 0.0960 e. The van der Waals surface area contributed by atoms with Crippen molar-refractivity contribution in [2.75, 3.05) is 0 Å². The summed E-state index contributed by atoms with van der Waals surface area (Å²) in [5.41, 5.74) is 7.22. The van der Waals surface area contributed by atoms with E-state index in [1.807, 2.05) is 6.92 Å². The maximum absolute atomic E-state index is 6.07. The Kier molecular flexibility index (Phi) is 4.93. The van der Waals surface area contributed by atoms with Crippen LogP contribution in [0.4, 0.5) is 0 Å². The van der Waals surface area contributed by atoms with E-state index in [0.29, 0.717) is 0 Å². The van der Waals surface area contributed by atoms with Gasteiger partial charge in [0.1, 0.15) is 0 Å². The van der Waals surface area contributed by atoms with Crippen molar-refractivity contribution in [2.24, 2.45) is 5.73 Å². The van der Waals surface area contributed by atoms with Gasteiger partial charge in [0.2, 0.25) is 0 Å². The number of nitrogens with two attached hydrogens (primary N) is 1. The third-order valence-electron chi connectivity index (χ3n) is 2.36. The molecule has 0 aliphatic rings. The zero-order valence-corrected chi connectivity index (χ0v) is 10.4. The number of hydrogen-bond donors (Lipinski definition) is 1. The first-order chi connectivity index (χ1) is 6.65. The highest BCUT2D eigenvalue weighted by molar-refractivity contribution is 7.16. The summed E-state index contributed by atoms with van der Waals surface area (Å²) in [6, 6.07) is 2.29. The Labute approximate surface area is 95.3 Å². The zero-order valence-electron chi connectivity index (χ0n) is 8.85. The van der Waals surface area contributed by atoms with E-state index in [1.165, 1.54) is 24.1 Å². The van der Waals surface area contributed by atoms with E-state index in [2.05, 4.69) is 13.0 Å². The molecule has 1 aromatic heterocycles. The number of hydrogen-bond acceptors (Lipinski definition) is 2. The molecule has 0 radical (unpaired) electrons. The molecule has 0 aliphatic carbocycles. The number of unbranched alkanes of at least 4 members (excludes halogenated alkanes) is 2. The van der Waals surface area contributed by atoms with Crippen LogP contribution < -0.4 is 5.73 Å². The molecule has 0 saturated carbocycles. The molecule has 80 valence electrons. The van der Waals surface area contributed by atoms with Gasteiger partial charge in [-0.05, 0) is 25.0 Å². The Morgan fingerprint density at radius 3 is 2.71 bits per heavy atom. The summed E-state index contributed by atoms with van der Waals surface area (Å²) in [6.45, 7) is 4.23. The highest BCUT2D eigenvalue weighted by atomic mass is 35.5. The fourth-order valence-electron chi connectivity index (χ4n) is 1.42. The quantitative estimate of drug-likeness (QED) is 0.752. The van der Waals surface area contributed by atoms with Crippen molar-refractivity contribution in [3.05, 3.63) is 20.8 Å². The molecule has 1 unspecified atom stereocenters. The van der Waals surface area contributed by atoms with Crippen LogP contribution in [0.5, 0.6) is 0 Å². The highest BCUT2D eigenvalue weighted by Crippen LogP contribution is 2.31. The second-order valence-electron chi connectivity index (χ2n) is 3.71. The molecule has 1 atom stereocenters.